The summed E-state index contributed by atoms with van der Waals surface area (Å²) >= 11 is 1.47. The summed E-state index contributed by atoms with van der Waals surface area (Å²) in [4.78, 5) is 20.1. The van der Waals surface area contributed by atoms with Crippen molar-refractivity contribution < 1.29 is 4.79 Å². The predicted molar refractivity (Wildman–Crippen MR) is 71.3 cm³/mol. The highest BCUT2D eigenvalue weighted by Crippen LogP contribution is 2.16. The van der Waals surface area contributed by atoms with Crippen LogP contribution in [0.5, 0.6) is 0 Å². The van der Waals surface area contributed by atoms with Gasteiger partial charge in [0.05, 0.1) is 18.2 Å². The third-order valence-electron chi connectivity index (χ3n) is 2.23. The highest BCUT2D eigenvalue weighted by molar-refractivity contribution is 7.09. The Morgan fingerprint density at radius 1 is 1.56 bits per heavy atom. The first-order valence-electron chi connectivity index (χ1n) is 5.56. The van der Waals surface area contributed by atoms with Crippen molar-refractivity contribution in [2.45, 2.75) is 19.4 Å². The first-order valence-corrected chi connectivity index (χ1v) is 6.44. The molecule has 0 saturated carbocycles. The zero-order valence-corrected chi connectivity index (χ0v) is 10.8. The maximum Gasteiger partial charge on any atom is 0.231 e. The fourth-order valence-corrected chi connectivity index (χ4v) is 2.18. The van der Waals surface area contributed by atoms with Gasteiger partial charge in [-0.15, -0.1) is 11.3 Å². The van der Waals surface area contributed by atoms with Crippen LogP contribution in [-0.2, 0) is 11.2 Å². The fraction of sp³-hybridized carbons (Fsp3) is 0.250. The van der Waals surface area contributed by atoms with Gasteiger partial charge in [-0.1, -0.05) is 6.07 Å². The second-order valence-corrected chi connectivity index (χ2v) is 4.80. The van der Waals surface area contributed by atoms with Crippen LogP contribution in [-0.4, -0.2) is 15.9 Å². The van der Waals surface area contributed by atoms with Crippen molar-refractivity contribution in [3.05, 3.63) is 40.5 Å². The zero-order valence-electron chi connectivity index (χ0n) is 9.96. The molecule has 0 aromatic carbocycles. The van der Waals surface area contributed by atoms with Gasteiger partial charge in [-0.3, -0.25) is 4.79 Å². The molecule has 18 heavy (non-hydrogen) atoms. The van der Waals surface area contributed by atoms with Crippen LogP contribution in [0.15, 0.2) is 29.8 Å². The smallest absolute Gasteiger partial charge is 0.231 e. The second-order valence-electron chi connectivity index (χ2n) is 3.91. The van der Waals surface area contributed by atoms with Crippen molar-refractivity contribution in [3.8, 4) is 0 Å². The maximum atomic E-state index is 11.7. The Balaban J connectivity index is 1.95. The van der Waals surface area contributed by atoms with Gasteiger partial charge < -0.3 is 11.1 Å². The number of amides is 1. The molecule has 0 aliphatic carbocycles. The Morgan fingerprint density at radius 2 is 2.39 bits per heavy atom. The summed E-state index contributed by atoms with van der Waals surface area (Å²) in [7, 11) is 0. The Labute approximate surface area is 109 Å². The van der Waals surface area contributed by atoms with Crippen LogP contribution in [0.3, 0.4) is 0 Å². The molecule has 3 N–H and O–H groups in total. The van der Waals surface area contributed by atoms with E-state index in [0.717, 1.165) is 10.7 Å². The minimum absolute atomic E-state index is 0.0948. The standard InChI is InChI=1S/C12H14N4OS/c1-8(13)12-15-9(7-18-12)6-11(17)16-10-4-2-3-5-14-10/h2-5,7-8H,6,13H2,1H3,(H,14,16,17). The van der Waals surface area contributed by atoms with E-state index in [9.17, 15) is 4.79 Å². The first-order chi connectivity index (χ1) is 8.65. The Kier molecular flexibility index (Phi) is 4.01. The van der Waals surface area contributed by atoms with Gasteiger partial charge in [0.1, 0.15) is 10.8 Å². The molecule has 2 rings (SSSR count). The predicted octanol–water partition coefficient (Wildman–Crippen LogP) is 1.74. The Hall–Kier alpha value is -1.79. The summed E-state index contributed by atoms with van der Waals surface area (Å²) in [5.41, 5.74) is 6.46. The first kappa shape index (κ1) is 12.7. The van der Waals surface area contributed by atoms with E-state index in [-0.39, 0.29) is 18.4 Å². The molecule has 1 unspecified atom stereocenters. The molecular formula is C12H14N4OS. The van der Waals surface area contributed by atoms with Gasteiger partial charge in [0.15, 0.2) is 0 Å². The summed E-state index contributed by atoms with van der Waals surface area (Å²) in [6.07, 6.45) is 1.87. The molecule has 2 heterocycles. The number of hydrogen-bond acceptors (Lipinski definition) is 5. The molecule has 0 aliphatic rings. The van der Waals surface area contributed by atoms with Gasteiger partial charge in [0.2, 0.25) is 5.91 Å². The van der Waals surface area contributed by atoms with Crippen molar-refractivity contribution >= 4 is 23.1 Å². The minimum atomic E-state index is -0.129. The summed E-state index contributed by atoms with van der Waals surface area (Å²) in [5, 5.41) is 5.41. The van der Waals surface area contributed by atoms with E-state index in [2.05, 4.69) is 15.3 Å². The topological polar surface area (TPSA) is 80.9 Å². The number of thiazole rings is 1. The fourth-order valence-electron chi connectivity index (χ4n) is 1.40. The zero-order chi connectivity index (χ0) is 13.0. The number of hydrogen-bond donors (Lipinski definition) is 2. The van der Waals surface area contributed by atoms with Crippen LogP contribution in [0.1, 0.15) is 23.7 Å². The number of carbonyl (C=O) groups is 1. The number of carbonyl (C=O) groups excluding carboxylic acids is 1. The van der Waals surface area contributed by atoms with E-state index >= 15 is 0 Å². The number of nitrogens with two attached hydrogens (primary N) is 1. The number of nitrogens with zero attached hydrogens (tertiary/aromatic N) is 2. The van der Waals surface area contributed by atoms with Gasteiger partial charge in [-0.2, -0.15) is 0 Å². The molecule has 94 valence electrons. The number of anilines is 1. The van der Waals surface area contributed by atoms with E-state index in [1.807, 2.05) is 18.4 Å². The van der Waals surface area contributed by atoms with Gasteiger partial charge in [0.25, 0.3) is 0 Å². The average Bonchev–Trinajstić information content (AvgIpc) is 2.78. The Morgan fingerprint density at radius 3 is 3.00 bits per heavy atom. The van der Waals surface area contributed by atoms with Crippen molar-refractivity contribution in [1.82, 2.24) is 9.97 Å². The lowest BCUT2D eigenvalue weighted by molar-refractivity contribution is -0.115. The molecule has 5 nitrogen and oxygen atoms in total. The molecule has 2 aromatic rings. The quantitative estimate of drug-likeness (QED) is 0.879. The third kappa shape index (κ3) is 3.35. The van der Waals surface area contributed by atoms with E-state index in [0.29, 0.717) is 5.82 Å². The third-order valence-corrected chi connectivity index (χ3v) is 3.33. The summed E-state index contributed by atoms with van der Waals surface area (Å²) < 4.78 is 0. The summed E-state index contributed by atoms with van der Waals surface area (Å²) in [5.74, 6) is 0.417. The average molecular weight is 262 g/mol. The maximum absolute atomic E-state index is 11.7. The van der Waals surface area contributed by atoms with E-state index < -0.39 is 0 Å². The van der Waals surface area contributed by atoms with Crippen LogP contribution < -0.4 is 11.1 Å². The van der Waals surface area contributed by atoms with Crippen LogP contribution in [0.2, 0.25) is 0 Å². The van der Waals surface area contributed by atoms with Gasteiger partial charge >= 0.3 is 0 Å². The monoisotopic (exact) mass is 262 g/mol. The van der Waals surface area contributed by atoms with Crippen LogP contribution >= 0.6 is 11.3 Å². The number of pyridine rings is 1. The number of aromatic nitrogens is 2. The van der Waals surface area contributed by atoms with Crippen molar-refractivity contribution in [3.63, 3.8) is 0 Å². The van der Waals surface area contributed by atoms with Crippen LogP contribution in [0.25, 0.3) is 0 Å². The molecule has 0 fully saturated rings. The van der Waals surface area contributed by atoms with Crippen LogP contribution in [0.4, 0.5) is 5.82 Å². The summed E-state index contributed by atoms with van der Waals surface area (Å²) in [6.45, 7) is 1.87. The second kappa shape index (κ2) is 5.70. The molecule has 6 heteroatoms. The van der Waals surface area contributed by atoms with E-state index in [4.69, 9.17) is 5.73 Å². The molecular weight excluding hydrogens is 248 g/mol. The van der Waals surface area contributed by atoms with E-state index in [1.165, 1.54) is 11.3 Å². The molecule has 0 spiro atoms. The normalized spacial score (nSPS) is 12.1. The lowest BCUT2D eigenvalue weighted by Gasteiger charge is -2.02. The van der Waals surface area contributed by atoms with Crippen molar-refractivity contribution in [2.75, 3.05) is 5.32 Å². The van der Waals surface area contributed by atoms with Gasteiger partial charge in [-0.25, -0.2) is 9.97 Å². The van der Waals surface area contributed by atoms with Gasteiger partial charge in [-0.05, 0) is 19.1 Å². The largest absolute Gasteiger partial charge is 0.322 e. The van der Waals surface area contributed by atoms with E-state index in [1.54, 1.807) is 18.3 Å². The Bertz CT molecular complexity index is 524. The van der Waals surface area contributed by atoms with Crippen molar-refractivity contribution in [2.24, 2.45) is 5.73 Å². The molecule has 0 radical (unpaired) electrons. The molecule has 0 saturated heterocycles. The molecule has 0 aliphatic heterocycles. The van der Waals surface area contributed by atoms with Crippen molar-refractivity contribution in [1.29, 1.82) is 0 Å². The molecule has 0 bridgehead atoms. The summed E-state index contributed by atoms with van der Waals surface area (Å²) in [6, 6.07) is 5.26. The highest BCUT2D eigenvalue weighted by atomic mass is 32.1. The number of rotatable bonds is 4. The lowest BCUT2D eigenvalue weighted by atomic mass is 10.3. The highest BCUT2D eigenvalue weighted by Gasteiger charge is 2.10. The minimum Gasteiger partial charge on any atom is -0.322 e. The molecule has 1 amide bonds. The molecule has 2 aromatic heterocycles. The van der Waals surface area contributed by atoms with Crippen LogP contribution in [0, 0.1) is 0 Å². The molecule has 1 atom stereocenters. The lowest BCUT2D eigenvalue weighted by Crippen LogP contribution is -2.15. The van der Waals surface area contributed by atoms with Gasteiger partial charge in [0, 0.05) is 11.6 Å². The SMILES string of the molecule is CC(N)c1nc(CC(=O)Nc2ccccn2)cs1. The number of nitrogens with one attached hydrogen (secondary N) is 1.